The first-order valence-electron chi connectivity index (χ1n) is 9.21. The van der Waals surface area contributed by atoms with Crippen LogP contribution in [0.3, 0.4) is 0 Å². The summed E-state index contributed by atoms with van der Waals surface area (Å²) in [7, 11) is 0. The van der Waals surface area contributed by atoms with Crippen molar-refractivity contribution < 1.29 is 22.8 Å². The SMILES string of the molecule is CCSc1cc(C(F)(F)F)ccc1-n1ncc(C(=O)On2nnc3ccccc32)c1C. The average Bonchev–Trinajstić information content (AvgIpc) is 3.31. The Hall–Kier alpha value is -3.34. The van der Waals surface area contributed by atoms with Crippen molar-refractivity contribution in [2.24, 2.45) is 0 Å². The van der Waals surface area contributed by atoms with E-state index >= 15 is 0 Å². The van der Waals surface area contributed by atoms with Gasteiger partial charge in [-0.3, -0.25) is 0 Å². The average molecular weight is 447 g/mol. The second kappa shape index (κ2) is 8.06. The summed E-state index contributed by atoms with van der Waals surface area (Å²) in [6, 6.07) is 10.4. The molecule has 0 spiro atoms. The molecule has 0 amide bonds. The number of rotatable bonds is 5. The van der Waals surface area contributed by atoms with Gasteiger partial charge in [-0.15, -0.1) is 16.9 Å². The number of aromatic nitrogens is 5. The van der Waals surface area contributed by atoms with Gasteiger partial charge in [-0.05, 0) is 48.2 Å². The zero-order valence-electron chi connectivity index (χ0n) is 16.4. The Labute approximate surface area is 178 Å². The molecule has 0 atom stereocenters. The van der Waals surface area contributed by atoms with Gasteiger partial charge in [-0.25, -0.2) is 9.48 Å². The first kappa shape index (κ1) is 20.9. The molecule has 0 unspecified atom stereocenters. The summed E-state index contributed by atoms with van der Waals surface area (Å²) in [4.78, 5) is 19.4. The summed E-state index contributed by atoms with van der Waals surface area (Å²) in [6.07, 6.45) is -3.13. The van der Waals surface area contributed by atoms with Crippen LogP contribution in [-0.4, -0.2) is 36.7 Å². The number of thioether (sulfide) groups is 1. The summed E-state index contributed by atoms with van der Waals surface area (Å²) in [5.74, 6) is -0.140. The van der Waals surface area contributed by atoms with E-state index in [1.165, 1.54) is 28.7 Å². The number of hydrogen-bond acceptors (Lipinski definition) is 6. The van der Waals surface area contributed by atoms with Crippen LogP contribution < -0.4 is 4.84 Å². The minimum atomic E-state index is -4.45. The van der Waals surface area contributed by atoms with Crippen LogP contribution in [0.4, 0.5) is 13.2 Å². The van der Waals surface area contributed by atoms with Crippen molar-refractivity contribution in [1.29, 1.82) is 0 Å². The van der Waals surface area contributed by atoms with Gasteiger partial charge in [-0.2, -0.15) is 18.3 Å². The molecule has 160 valence electrons. The number of hydrogen-bond donors (Lipinski definition) is 0. The van der Waals surface area contributed by atoms with Crippen LogP contribution in [0.2, 0.25) is 0 Å². The molecule has 0 fully saturated rings. The van der Waals surface area contributed by atoms with Crippen LogP contribution in [0.15, 0.2) is 53.6 Å². The van der Waals surface area contributed by atoms with Crippen molar-refractivity contribution >= 4 is 28.8 Å². The highest BCUT2D eigenvalue weighted by Gasteiger charge is 2.31. The number of halogens is 3. The molecule has 4 rings (SSSR count). The first-order valence-corrected chi connectivity index (χ1v) is 10.2. The lowest BCUT2D eigenvalue weighted by Crippen LogP contribution is -2.21. The standard InChI is InChI=1S/C20H16F3N5O2S/c1-3-31-18-10-13(20(21,22)23)8-9-17(18)27-12(2)14(11-24-27)19(29)30-28-16-7-5-4-6-15(16)25-26-28/h4-11H,3H2,1-2H3. The van der Waals surface area contributed by atoms with Crippen molar-refractivity contribution in [2.45, 2.75) is 24.9 Å². The largest absolute Gasteiger partial charge is 0.416 e. The van der Waals surface area contributed by atoms with E-state index in [9.17, 15) is 18.0 Å². The predicted molar refractivity (Wildman–Crippen MR) is 108 cm³/mol. The molecule has 4 aromatic rings. The van der Waals surface area contributed by atoms with Crippen molar-refractivity contribution in [3.8, 4) is 5.69 Å². The predicted octanol–water partition coefficient (Wildman–Crippen LogP) is 4.33. The second-order valence-electron chi connectivity index (χ2n) is 6.50. The summed E-state index contributed by atoms with van der Waals surface area (Å²) < 4.78 is 40.8. The third-order valence-corrected chi connectivity index (χ3v) is 5.46. The monoisotopic (exact) mass is 447 g/mol. The Morgan fingerprint density at radius 2 is 1.97 bits per heavy atom. The summed E-state index contributed by atoms with van der Waals surface area (Å²) >= 11 is 1.26. The lowest BCUT2D eigenvalue weighted by Gasteiger charge is -2.14. The molecule has 31 heavy (non-hydrogen) atoms. The van der Waals surface area contributed by atoms with Crippen LogP contribution in [0.5, 0.6) is 0 Å². The molecule has 7 nitrogen and oxygen atoms in total. The molecule has 0 aliphatic carbocycles. The number of carbonyl (C=O) groups is 1. The molecule has 0 saturated carbocycles. The van der Waals surface area contributed by atoms with Gasteiger partial charge < -0.3 is 4.84 Å². The van der Waals surface area contributed by atoms with E-state index in [-0.39, 0.29) is 5.56 Å². The maximum absolute atomic E-state index is 13.1. The molecule has 0 saturated heterocycles. The van der Waals surface area contributed by atoms with Crippen molar-refractivity contribution in [2.75, 3.05) is 5.75 Å². The third kappa shape index (κ3) is 4.00. The molecule has 2 aromatic heterocycles. The maximum atomic E-state index is 13.1. The molecule has 0 N–H and O–H groups in total. The molecule has 0 radical (unpaired) electrons. The van der Waals surface area contributed by atoms with Crippen LogP contribution in [0, 0.1) is 6.92 Å². The van der Waals surface area contributed by atoms with E-state index in [2.05, 4.69) is 15.4 Å². The number of benzene rings is 2. The molecule has 0 aliphatic rings. The van der Waals surface area contributed by atoms with Gasteiger partial charge in [0.25, 0.3) is 0 Å². The highest BCUT2D eigenvalue weighted by Crippen LogP contribution is 2.35. The van der Waals surface area contributed by atoms with Gasteiger partial charge in [-0.1, -0.05) is 23.9 Å². The number of carbonyl (C=O) groups excluding carboxylic acids is 1. The molecule has 0 bridgehead atoms. The summed E-state index contributed by atoms with van der Waals surface area (Å²) in [6.45, 7) is 3.48. The Morgan fingerprint density at radius 1 is 1.19 bits per heavy atom. The fraction of sp³-hybridized carbons (Fsp3) is 0.200. The Balaban J connectivity index is 1.67. The van der Waals surface area contributed by atoms with Crippen LogP contribution in [0.1, 0.15) is 28.5 Å². The fourth-order valence-electron chi connectivity index (χ4n) is 3.03. The highest BCUT2D eigenvalue weighted by molar-refractivity contribution is 7.99. The quantitative estimate of drug-likeness (QED) is 0.335. The van der Waals surface area contributed by atoms with E-state index in [1.54, 1.807) is 31.2 Å². The zero-order chi connectivity index (χ0) is 22.2. The smallest absolute Gasteiger partial charge is 0.312 e. The lowest BCUT2D eigenvalue weighted by molar-refractivity contribution is -0.137. The van der Waals surface area contributed by atoms with E-state index < -0.39 is 17.7 Å². The van der Waals surface area contributed by atoms with Gasteiger partial charge in [0, 0.05) is 4.90 Å². The molecule has 11 heteroatoms. The van der Waals surface area contributed by atoms with Crippen molar-refractivity contribution in [3.05, 3.63) is 65.5 Å². The normalized spacial score (nSPS) is 11.8. The van der Waals surface area contributed by atoms with Gasteiger partial charge in [0.2, 0.25) is 0 Å². The third-order valence-electron chi connectivity index (χ3n) is 4.54. The number of fused-ring (bicyclic) bond motifs is 1. The zero-order valence-corrected chi connectivity index (χ0v) is 17.2. The topological polar surface area (TPSA) is 74.8 Å². The van der Waals surface area contributed by atoms with Gasteiger partial charge in [0.1, 0.15) is 16.6 Å². The fourth-order valence-corrected chi connectivity index (χ4v) is 3.86. The van der Waals surface area contributed by atoms with E-state index in [1.807, 2.05) is 6.92 Å². The van der Waals surface area contributed by atoms with E-state index in [0.29, 0.717) is 33.1 Å². The minimum absolute atomic E-state index is 0.159. The first-order chi connectivity index (χ1) is 14.8. The lowest BCUT2D eigenvalue weighted by atomic mass is 10.2. The Bertz CT molecular complexity index is 1270. The van der Waals surface area contributed by atoms with Crippen molar-refractivity contribution in [3.63, 3.8) is 0 Å². The minimum Gasteiger partial charge on any atom is -0.312 e. The van der Waals surface area contributed by atoms with Crippen LogP contribution >= 0.6 is 11.8 Å². The van der Waals surface area contributed by atoms with Crippen LogP contribution in [-0.2, 0) is 6.18 Å². The molecular formula is C20H16F3N5O2S. The molecule has 2 heterocycles. The Morgan fingerprint density at radius 3 is 2.71 bits per heavy atom. The molecular weight excluding hydrogens is 431 g/mol. The number of alkyl halides is 3. The van der Waals surface area contributed by atoms with Crippen LogP contribution in [0.25, 0.3) is 16.7 Å². The molecule has 2 aromatic carbocycles. The van der Waals surface area contributed by atoms with Gasteiger partial charge in [0.15, 0.2) is 0 Å². The van der Waals surface area contributed by atoms with Gasteiger partial charge in [0.05, 0.1) is 23.1 Å². The van der Waals surface area contributed by atoms with E-state index in [4.69, 9.17) is 4.84 Å². The molecule has 0 aliphatic heterocycles. The summed E-state index contributed by atoms with van der Waals surface area (Å²) in [5.41, 5.74) is 1.37. The number of nitrogens with zero attached hydrogens (tertiary/aromatic N) is 5. The second-order valence-corrected chi connectivity index (χ2v) is 7.80. The Kier molecular flexibility index (Phi) is 5.44. The summed E-state index contributed by atoms with van der Waals surface area (Å²) in [5, 5.41) is 11.9. The maximum Gasteiger partial charge on any atom is 0.416 e. The van der Waals surface area contributed by atoms with E-state index in [0.717, 1.165) is 17.0 Å². The highest BCUT2D eigenvalue weighted by atomic mass is 32.2. The van der Waals surface area contributed by atoms with Crippen molar-refractivity contribution in [1.82, 2.24) is 24.9 Å². The number of para-hydroxylation sites is 1. The van der Waals surface area contributed by atoms with Gasteiger partial charge >= 0.3 is 12.1 Å².